The number of morpholine rings is 1. The molecule has 0 atom stereocenters. The van der Waals surface area contributed by atoms with Gasteiger partial charge in [0.15, 0.2) is 22.4 Å². The minimum Gasteiger partial charge on any atom is -0.450 e. The Kier molecular flexibility index (Phi) is 5.50. The van der Waals surface area contributed by atoms with Crippen LogP contribution in [0.4, 0.5) is 11.4 Å². The van der Waals surface area contributed by atoms with E-state index in [0.717, 1.165) is 50.6 Å². The molecule has 0 aliphatic carbocycles. The van der Waals surface area contributed by atoms with E-state index in [4.69, 9.17) is 13.6 Å². The molecule has 9 nitrogen and oxygen atoms in total. The number of oxazole rings is 1. The number of nitrogens with zero attached hydrogens (tertiary/aromatic N) is 4. The topological polar surface area (TPSA) is 92.3 Å². The Morgan fingerprint density at radius 2 is 1.71 bits per heavy atom. The van der Waals surface area contributed by atoms with Gasteiger partial charge in [-0.05, 0) is 31.3 Å². The maximum atomic E-state index is 13.3. The molecule has 2 aliphatic heterocycles. The van der Waals surface area contributed by atoms with Crippen LogP contribution in [-0.2, 0) is 4.74 Å². The molecule has 0 unspecified atom stereocenters. The molecule has 0 bridgehead atoms. The molecular weight excluding hydrogens is 448 g/mol. The second kappa shape index (κ2) is 8.83. The van der Waals surface area contributed by atoms with E-state index in [0.29, 0.717) is 35.3 Å². The third-order valence-electron chi connectivity index (χ3n) is 6.74. The summed E-state index contributed by atoms with van der Waals surface area (Å²) >= 11 is 0. The minimum absolute atomic E-state index is 0.0796. The first kappa shape index (κ1) is 21.8. The molecule has 2 aliphatic rings. The average molecular weight is 475 g/mol. The molecule has 35 heavy (non-hydrogen) atoms. The van der Waals surface area contributed by atoms with Crippen molar-refractivity contribution >= 4 is 39.2 Å². The number of hydrogen-bond acceptors (Lipinski definition) is 9. The molecule has 0 spiro atoms. The maximum Gasteiger partial charge on any atom is 0.283 e. The molecular formula is C26H26N4O5. The highest BCUT2D eigenvalue weighted by molar-refractivity contribution is 6.06. The van der Waals surface area contributed by atoms with Gasteiger partial charge in [-0.2, -0.15) is 0 Å². The summed E-state index contributed by atoms with van der Waals surface area (Å²) in [6.07, 6.45) is 0. The number of anilines is 2. The van der Waals surface area contributed by atoms with Crippen molar-refractivity contribution in [2.75, 3.05) is 69.3 Å². The normalized spacial score (nSPS) is 17.4. The molecule has 9 heteroatoms. The van der Waals surface area contributed by atoms with Gasteiger partial charge in [0.05, 0.1) is 24.3 Å². The number of piperazine rings is 1. The fourth-order valence-corrected chi connectivity index (χ4v) is 4.70. The lowest BCUT2D eigenvalue weighted by Gasteiger charge is -2.34. The van der Waals surface area contributed by atoms with Crippen molar-refractivity contribution in [2.45, 2.75) is 0 Å². The number of carbonyl (C=O) groups is 1. The zero-order valence-corrected chi connectivity index (χ0v) is 19.5. The van der Waals surface area contributed by atoms with E-state index in [1.165, 1.54) is 6.07 Å². The van der Waals surface area contributed by atoms with Gasteiger partial charge in [-0.3, -0.25) is 9.59 Å². The second-order valence-electron chi connectivity index (χ2n) is 9.02. The van der Waals surface area contributed by atoms with Crippen molar-refractivity contribution in [2.24, 2.45) is 0 Å². The number of para-hydroxylation sites is 1. The number of fused-ring (bicyclic) bond motifs is 2. The van der Waals surface area contributed by atoms with Gasteiger partial charge < -0.3 is 28.3 Å². The molecule has 6 rings (SSSR count). The first-order chi connectivity index (χ1) is 17.1. The van der Waals surface area contributed by atoms with E-state index < -0.39 is 5.78 Å². The van der Waals surface area contributed by atoms with Crippen molar-refractivity contribution in [3.8, 4) is 0 Å². The van der Waals surface area contributed by atoms with Gasteiger partial charge in [0.25, 0.3) is 11.7 Å². The van der Waals surface area contributed by atoms with Gasteiger partial charge in [0.1, 0.15) is 5.52 Å². The zero-order valence-electron chi connectivity index (χ0n) is 19.5. The molecule has 2 aromatic heterocycles. The highest BCUT2D eigenvalue weighted by atomic mass is 16.5. The van der Waals surface area contributed by atoms with Gasteiger partial charge in [0, 0.05) is 57.1 Å². The highest BCUT2D eigenvalue weighted by Gasteiger charge is 2.24. The molecule has 4 aromatic rings. The van der Waals surface area contributed by atoms with Crippen molar-refractivity contribution in [1.29, 1.82) is 0 Å². The van der Waals surface area contributed by atoms with Gasteiger partial charge >= 0.3 is 0 Å². The van der Waals surface area contributed by atoms with E-state index in [1.54, 1.807) is 6.07 Å². The molecule has 0 amide bonds. The number of likely N-dealkylation sites (N-methyl/N-ethyl adjacent to an activating group) is 1. The average Bonchev–Trinajstić information content (AvgIpc) is 3.32. The van der Waals surface area contributed by atoms with Crippen LogP contribution in [-0.4, -0.2) is 75.2 Å². The first-order valence-electron chi connectivity index (χ1n) is 11.9. The number of aromatic nitrogens is 1. The van der Waals surface area contributed by atoms with Gasteiger partial charge in [-0.15, -0.1) is 0 Å². The lowest BCUT2D eigenvalue weighted by molar-refractivity contribution is 0.0979. The lowest BCUT2D eigenvalue weighted by Crippen LogP contribution is -2.44. The van der Waals surface area contributed by atoms with Crippen molar-refractivity contribution < 1.29 is 18.4 Å². The fourth-order valence-electron chi connectivity index (χ4n) is 4.70. The number of ether oxygens (including phenoxy) is 1. The summed E-state index contributed by atoms with van der Waals surface area (Å²) in [7, 11) is 2.08. The van der Waals surface area contributed by atoms with Crippen LogP contribution >= 0.6 is 0 Å². The van der Waals surface area contributed by atoms with Gasteiger partial charge in [-0.1, -0.05) is 6.07 Å². The Balaban J connectivity index is 1.36. The molecule has 2 aromatic carbocycles. The number of hydrogen-bond donors (Lipinski definition) is 0. The minimum atomic E-state index is -0.554. The van der Waals surface area contributed by atoms with Crippen LogP contribution in [0.3, 0.4) is 0 Å². The summed E-state index contributed by atoms with van der Waals surface area (Å²) in [5, 5.41) is 0.450. The third kappa shape index (κ3) is 4.06. The van der Waals surface area contributed by atoms with Crippen LogP contribution in [0.25, 0.3) is 22.1 Å². The monoisotopic (exact) mass is 474 g/mol. The Morgan fingerprint density at radius 3 is 2.51 bits per heavy atom. The quantitative estimate of drug-likeness (QED) is 0.414. The lowest BCUT2D eigenvalue weighted by atomic mass is 10.1. The van der Waals surface area contributed by atoms with E-state index in [-0.39, 0.29) is 17.1 Å². The first-order valence-corrected chi connectivity index (χ1v) is 11.9. The van der Waals surface area contributed by atoms with Crippen LogP contribution in [0.1, 0.15) is 16.4 Å². The smallest absolute Gasteiger partial charge is 0.283 e. The van der Waals surface area contributed by atoms with Crippen LogP contribution in [0.5, 0.6) is 0 Å². The maximum absolute atomic E-state index is 13.3. The van der Waals surface area contributed by atoms with Gasteiger partial charge in [0.2, 0.25) is 0 Å². The number of rotatable bonds is 4. The number of carbonyl (C=O) groups excluding carboxylic acids is 1. The molecule has 0 radical (unpaired) electrons. The zero-order chi connectivity index (χ0) is 23.9. The molecule has 0 saturated carbocycles. The van der Waals surface area contributed by atoms with E-state index in [9.17, 15) is 9.59 Å². The molecule has 4 heterocycles. The highest BCUT2D eigenvalue weighted by Crippen LogP contribution is 2.29. The summed E-state index contributed by atoms with van der Waals surface area (Å²) in [6, 6.07) is 12.4. The molecule has 2 fully saturated rings. The standard InChI is InChI=1S/C26H26N4O5/c1-28-7-9-30(10-8-28)20-4-2-3-18-21(31)16-23(34-25(18)20)24(32)26-27-19-6-5-17(15-22(19)35-26)29-11-13-33-14-12-29/h2-6,15-16H,7-14H2,1H3. The SMILES string of the molecule is CN1CCN(c2cccc3c(=O)cc(C(=O)c4nc5ccc(N6CCOCC6)cc5o4)oc23)CC1. The fraction of sp³-hybridized carbons (Fsp3) is 0.346. The number of ketones is 1. The molecule has 2 saturated heterocycles. The van der Waals surface area contributed by atoms with E-state index in [1.807, 2.05) is 30.3 Å². The second-order valence-corrected chi connectivity index (χ2v) is 9.02. The van der Waals surface area contributed by atoms with Crippen LogP contribution in [0, 0.1) is 0 Å². The summed E-state index contributed by atoms with van der Waals surface area (Å²) in [4.78, 5) is 37.2. The van der Waals surface area contributed by atoms with Crippen LogP contribution in [0.2, 0.25) is 0 Å². The number of benzene rings is 2. The summed E-state index contributed by atoms with van der Waals surface area (Å²) in [5.74, 6) is -0.732. The van der Waals surface area contributed by atoms with Crippen LogP contribution < -0.4 is 15.2 Å². The Morgan fingerprint density at radius 1 is 0.914 bits per heavy atom. The summed E-state index contributed by atoms with van der Waals surface area (Å²) in [6.45, 7) is 6.39. The summed E-state index contributed by atoms with van der Waals surface area (Å²) in [5.41, 5.74) is 3.04. The summed E-state index contributed by atoms with van der Waals surface area (Å²) < 4.78 is 17.3. The van der Waals surface area contributed by atoms with Crippen molar-refractivity contribution in [1.82, 2.24) is 9.88 Å². The Labute approximate surface area is 201 Å². The molecule has 180 valence electrons. The largest absolute Gasteiger partial charge is 0.450 e. The predicted octanol–water partition coefficient (Wildman–Crippen LogP) is 2.75. The van der Waals surface area contributed by atoms with Crippen LogP contribution in [0.15, 0.2) is 56.1 Å². The van der Waals surface area contributed by atoms with Gasteiger partial charge in [-0.25, -0.2) is 4.98 Å². The Hall–Kier alpha value is -3.69. The third-order valence-corrected chi connectivity index (χ3v) is 6.74. The van der Waals surface area contributed by atoms with E-state index >= 15 is 0 Å². The van der Waals surface area contributed by atoms with E-state index in [2.05, 4.69) is 26.7 Å². The van der Waals surface area contributed by atoms with Crippen molar-refractivity contribution in [3.05, 3.63) is 64.3 Å². The van der Waals surface area contributed by atoms with Crippen molar-refractivity contribution in [3.63, 3.8) is 0 Å². The predicted molar refractivity (Wildman–Crippen MR) is 133 cm³/mol. The molecule has 0 N–H and O–H groups in total. The Bertz CT molecular complexity index is 1460.